The summed E-state index contributed by atoms with van der Waals surface area (Å²) in [6.45, 7) is -0.400. The van der Waals surface area contributed by atoms with Crippen molar-refractivity contribution in [3.8, 4) is 0 Å². The van der Waals surface area contributed by atoms with E-state index in [-0.39, 0.29) is 19.5 Å². The minimum atomic E-state index is -0.930. The van der Waals surface area contributed by atoms with Crippen molar-refractivity contribution in [1.29, 1.82) is 0 Å². The number of pyridine rings is 1. The van der Waals surface area contributed by atoms with Crippen LogP contribution in [0.15, 0.2) is 65.5 Å². The number of benzene rings is 2. The van der Waals surface area contributed by atoms with Crippen LogP contribution in [0.5, 0.6) is 0 Å². The van der Waals surface area contributed by atoms with E-state index >= 15 is 0 Å². The summed E-state index contributed by atoms with van der Waals surface area (Å²) in [7, 11) is 1.98. The number of hydrogen-bond acceptors (Lipinski definition) is 6. The van der Waals surface area contributed by atoms with Crippen molar-refractivity contribution in [1.82, 2.24) is 20.6 Å². The zero-order valence-electron chi connectivity index (χ0n) is 20.1. The van der Waals surface area contributed by atoms with Gasteiger partial charge in [0.15, 0.2) is 0 Å². The number of anilines is 1. The second-order valence-corrected chi connectivity index (χ2v) is 8.66. The maximum Gasteiger partial charge on any atom is 0.261 e. The van der Waals surface area contributed by atoms with E-state index in [0.717, 1.165) is 27.4 Å². The van der Waals surface area contributed by atoms with Crippen LogP contribution in [0.25, 0.3) is 33.0 Å². The predicted octanol–water partition coefficient (Wildman–Crippen LogP) is 1.03. The molecule has 0 saturated carbocycles. The van der Waals surface area contributed by atoms with Crippen molar-refractivity contribution in [3.05, 3.63) is 66.7 Å². The highest BCUT2D eigenvalue weighted by Crippen LogP contribution is 2.35. The average Bonchev–Trinajstić information content (AvgIpc) is 3.55. The Balaban J connectivity index is 1.29. The Labute approximate surface area is 211 Å². The lowest BCUT2D eigenvalue weighted by Crippen LogP contribution is -2.49. The van der Waals surface area contributed by atoms with Crippen LogP contribution in [0.3, 0.4) is 0 Å². The number of aromatic nitrogens is 3. The largest absolute Gasteiger partial charge is 0.447 e. The van der Waals surface area contributed by atoms with E-state index in [4.69, 9.17) is 10.2 Å². The molecule has 6 N–H and O–H groups in total. The molecule has 5 rings (SSSR count). The number of H-pyrrole nitrogens is 1. The normalized spacial score (nSPS) is 12.0. The number of amides is 3. The first kappa shape index (κ1) is 23.8. The molecule has 0 aliphatic carbocycles. The third-order valence-electron chi connectivity index (χ3n) is 6.20. The summed E-state index contributed by atoms with van der Waals surface area (Å²) >= 11 is 0. The van der Waals surface area contributed by atoms with E-state index in [9.17, 15) is 14.4 Å². The molecule has 0 saturated heterocycles. The minimum absolute atomic E-state index is 0.0927. The number of carbonyl (C=O) groups excluding carboxylic acids is 3. The SMILES string of the molecule is C[n+]1c2ccccc2c(NCC(=O)NCC(=O)N[C@@H](Cc2cnc[nH]2)C(N)=O)c2oc3ccccc3c21. The van der Waals surface area contributed by atoms with Crippen LogP contribution >= 0.6 is 0 Å². The molecule has 0 radical (unpaired) electrons. The second kappa shape index (κ2) is 9.97. The second-order valence-electron chi connectivity index (χ2n) is 8.66. The Morgan fingerprint density at radius 2 is 1.81 bits per heavy atom. The number of para-hydroxylation sites is 2. The molecule has 11 nitrogen and oxygen atoms in total. The number of furan rings is 1. The molecular weight excluding hydrogens is 474 g/mol. The number of nitrogens with zero attached hydrogens (tertiary/aromatic N) is 2. The smallest absolute Gasteiger partial charge is 0.261 e. The van der Waals surface area contributed by atoms with E-state index in [1.54, 1.807) is 6.20 Å². The monoisotopic (exact) mass is 500 g/mol. The first-order chi connectivity index (χ1) is 17.9. The number of hydrogen-bond donors (Lipinski definition) is 5. The molecule has 0 fully saturated rings. The van der Waals surface area contributed by atoms with Gasteiger partial charge in [0.05, 0.1) is 35.9 Å². The number of nitrogens with two attached hydrogens (primary N) is 1. The van der Waals surface area contributed by atoms with E-state index in [1.165, 1.54) is 6.33 Å². The molecule has 0 bridgehead atoms. The Morgan fingerprint density at radius 1 is 1.05 bits per heavy atom. The van der Waals surface area contributed by atoms with Crippen molar-refractivity contribution in [2.45, 2.75) is 12.5 Å². The molecule has 2 aromatic carbocycles. The Morgan fingerprint density at radius 3 is 2.57 bits per heavy atom. The molecule has 11 heteroatoms. The Kier molecular flexibility index (Phi) is 6.42. The number of fused-ring (bicyclic) bond motifs is 4. The molecule has 1 atom stereocenters. The van der Waals surface area contributed by atoms with E-state index < -0.39 is 23.8 Å². The number of rotatable bonds is 9. The Hall–Kier alpha value is -4.93. The highest BCUT2D eigenvalue weighted by atomic mass is 16.3. The quantitative estimate of drug-likeness (QED) is 0.190. The van der Waals surface area contributed by atoms with Gasteiger partial charge in [0.25, 0.3) is 5.52 Å². The molecule has 0 unspecified atom stereocenters. The number of primary amides is 1. The van der Waals surface area contributed by atoms with Crippen molar-refractivity contribution >= 4 is 56.4 Å². The summed E-state index contributed by atoms with van der Waals surface area (Å²) in [6, 6.07) is 14.7. The van der Waals surface area contributed by atoms with Gasteiger partial charge in [0.1, 0.15) is 18.7 Å². The number of carbonyl (C=O) groups is 3. The van der Waals surface area contributed by atoms with Gasteiger partial charge in [-0.2, -0.15) is 4.57 Å². The predicted molar refractivity (Wildman–Crippen MR) is 137 cm³/mol. The average molecular weight is 501 g/mol. The van der Waals surface area contributed by atoms with Crippen LogP contribution < -0.4 is 26.3 Å². The topological polar surface area (TPSA) is 159 Å². The van der Waals surface area contributed by atoms with Crippen molar-refractivity contribution in [3.63, 3.8) is 0 Å². The number of nitrogens with one attached hydrogen (secondary N) is 4. The first-order valence-corrected chi connectivity index (χ1v) is 11.7. The van der Waals surface area contributed by atoms with Gasteiger partial charge in [0, 0.05) is 24.4 Å². The van der Waals surface area contributed by atoms with E-state index in [2.05, 4.69) is 30.5 Å². The molecule has 3 heterocycles. The molecular formula is C26H26N7O4+. The standard InChI is InChI=1S/C26H25N7O4/c1-33-19-8-4-2-6-16(19)23(25-24(33)17-7-3-5-9-20(17)37-25)30-12-21(34)29-13-22(35)32-18(26(27)36)10-15-11-28-14-31-15/h2-9,11,14,18H,10,12-13H2,1H3,(H5,27,28,29,31,32,34,35,36)/p+1/t18-/m0/s1. The summed E-state index contributed by atoms with van der Waals surface area (Å²) in [5, 5.41) is 10.2. The fraction of sp³-hybridized carbons (Fsp3) is 0.192. The zero-order chi connectivity index (χ0) is 25.9. The number of aryl methyl sites for hydroxylation is 1. The summed E-state index contributed by atoms with van der Waals surface area (Å²) in [5.74, 6) is -1.62. The van der Waals surface area contributed by atoms with Crippen molar-refractivity contribution in [2.75, 3.05) is 18.4 Å². The fourth-order valence-corrected chi connectivity index (χ4v) is 4.42. The summed E-state index contributed by atoms with van der Waals surface area (Å²) < 4.78 is 8.26. The van der Waals surface area contributed by atoms with Gasteiger partial charge in [-0.05, 0) is 18.2 Å². The first-order valence-electron chi connectivity index (χ1n) is 11.7. The van der Waals surface area contributed by atoms with Gasteiger partial charge < -0.3 is 31.1 Å². The van der Waals surface area contributed by atoms with Crippen LogP contribution in [0.4, 0.5) is 5.69 Å². The van der Waals surface area contributed by atoms with E-state index in [1.807, 2.05) is 55.6 Å². The molecule has 3 aromatic heterocycles. The molecule has 0 aliphatic heterocycles. The lowest BCUT2D eigenvalue weighted by Gasteiger charge is -2.15. The minimum Gasteiger partial charge on any atom is -0.447 e. The fourth-order valence-electron chi connectivity index (χ4n) is 4.42. The van der Waals surface area contributed by atoms with Gasteiger partial charge in [-0.1, -0.05) is 24.3 Å². The lowest BCUT2D eigenvalue weighted by molar-refractivity contribution is -0.616. The third kappa shape index (κ3) is 4.79. The maximum atomic E-state index is 12.6. The van der Waals surface area contributed by atoms with Gasteiger partial charge >= 0.3 is 0 Å². The molecule has 37 heavy (non-hydrogen) atoms. The van der Waals surface area contributed by atoms with Crippen molar-refractivity contribution < 1.29 is 23.4 Å². The third-order valence-corrected chi connectivity index (χ3v) is 6.20. The van der Waals surface area contributed by atoms with Crippen molar-refractivity contribution in [2.24, 2.45) is 12.8 Å². The highest BCUT2D eigenvalue weighted by Gasteiger charge is 2.25. The Bertz CT molecular complexity index is 1620. The maximum absolute atomic E-state index is 12.6. The molecule has 3 amide bonds. The van der Waals surface area contributed by atoms with Gasteiger partial charge in [-0.15, -0.1) is 0 Å². The van der Waals surface area contributed by atoms with Crippen LogP contribution in [-0.2, 0) is 27.9 Å². The number of aromatic amines is 1. The molecule has 0 spiro atoms. The summed E-state index contributed by atoms with van der Waals surface area (Å²) in [5.41, 5.74) is 10.00. The van der Waals surface area contributed by atoms with Crippen LogP contribution in [-0.4, -0.2) is 46.8 Å². The van der Waals surface area contributed by atoms with Crippen LogP contribution in [0.1, 0.15) is 5.69 Å². The lowest BCUT2D eigenvalue weighted by atomic mass is 10.1. The van der Waals surface area contributed by atoms with Gasteiger partial charge in [-0.3, -0.25) is 14.4 Å². The number of imidazole rings is 1. The molecule has 188 valence electrons. The van der Waals surface area contributed by atoms with Gasteiger partial charge in [-0.25, -0.2) is 4.98 Å². The molecule has 0 aliphatic rings. The molecule has 5 aromatic rings. The zero-order valence-corrected chi connectivity index (χ0v) is 20.1. The highest BCUT2D eigenvalue weighted by molar-refractivity contribution is 6.11. The van der Waals surface area contributed by atoms with Gasteiger partial charge in [0.2, 0.25) is 28.8 Å². The van der Waals surface area contributed by atoms with Crippen LogP contribution in [0, 0.1) is 0 Å². The summed E-state index contributed by atoms with van der Waals surface area (Å²) in [6.07, 6.45) is 3.18. The van der Waals surface area contributed by atoms with E-state index in [0.29, 0.717) is 17.0 Å². The van der Waals surface area contributed by atoms with Crippen LogP contribution in [0.2, 0.25) is 0 Å². The summed E-state index contributed by atoms with van der Waals surface area (Å²) in [4.78, 5) is 43.4.